The number of hydrogen-bond donors (Lipinski definition) is 1. The molecular weight excluding hydrogens is 256 g/mol. The fraction of sp³-hybridized carbons (Fsp3) is 0.867. The summed E-state index contributed by atoms with van der Waals surface area (Å²) in [4.78, 5) is 27.2. The van der Waals surface area contributed by atoms with Crippen LogP contribution < -0.4 is 0 Å². The van der Waals surface area contributed by atoms with Crippen LogP contribution in [0.5, 0.6) is 0 Å². The van der Waals surface area contributed by atoms with Crippen molar-refractivity contribution in [1.82, 2.24) is 9.80 Å². The van der Waals surface area contributed by atoms with Crippen LogP contribution in [0.15, 0.2) is 0 Å². The zero-order valence-electron chi connectivity index (χ0n) is 13.0. The highest BCUT2D eigenvalue weighted by molar-refractivity contribution is 5.76. The van der Waals surface area contributed by atoms with Crippen LogP contribution in [0.3, 0.4) is 0 Å². The number of carbonyl (C=O) groups is 2. The van der Waals surface area contributed by atoms with Gasteiger partial charge < -0.3 is 14.9 Å². The number of carboxylic acids is 1. The van der Waals surface area contributed by atoms with E-state index in [-0.39, 0.29) is 24.5 Å². The summed E-state index contributed by atoms with van der Waals surface area (Å²) in [5.41, 5.74) is 0. The minimum absolute atomic E-state index is 0.0138. The Kier molecular flexibility index (Phi) is 6.82. The van der Waals surface area contributed by atoms with Crippen molar-refractivity contribution in [2.75, 3.05) is 13.1 Å². The molecule has 0 saturated carbocycles. The summed E-state index contributed by atoms with van der Waals surface area (Å²) >= 11 is 0. The fourth-order valence-electron chi connectivity index (χ4n) is 2.77. The van der Waals surface area contributed by atoms with Gasteiger partial charge in [0.2, 0.25) is 0 Å². The van der Waals surface area contributed by atoms with Crippen molar-refractivity contribution in [3.63, 3.8) is 0 Å². The number of carbonyl (C=O) groups excluding carboxylic acids is 1. The maximum atomic E-state index is 12.6. The smallest absolute Gasteiger partial charge is 0.320 e. The molecule has 1 N–H and O–H groups in total. The number of hydrogen-bond acceptors (Lipinski definition) is 2. The number of unbranched alkanes of at least 4 members (excludes halogenated alkanes) is 2. The lowest BCUT2D eigenvalue weighted by Crippen LogP contribution is -2.49. The first-order valence-corrected chi connectivity index (χ1v) is 7.76. The highest BCUT2D eigenvalue weighted by Crippen LogP contribution is 2.22. The molecule has 1 atom stereocenters. The maximum Gasteiger partial charge on any atom is 0.320 e. The molecule has 1 unspecified atom stereocenters. The Labute approximate surface area is 121 Å². The van der Waals surface area contributed by atoms with Gasteiger partial charge in [0.25, 0.3) is 0 Å². The molecule has 1 aliphatic rings. The van der Waals surface area contributed by atoms with E-state index >= 15 is 0 Å². The van der Waals surface area contributed by atoms with Crippen LogP contribution >= 0.6 is 0 Å². The Hall–Kier alpha value is -1.26. The topological polar surface area (TPSA) is 60.9 Å². The third-order valence-corrected chi connectivity index (χ3v) is 3.90. The van der Waals surface area contributed by atoms with Gasteiger partial charge in [0.15, 0.2) is 0 Å². The Morgan fingerprint density at radius 1 is 1.35 bits per heavy atom. The molecule has 0 aromatic rings. The molecule has 1 saturated heterocycles. The van der Waals surface area contributed by atoms with E-state index < -0.39 is 5.97 Å². The van der Waals surface area contributed by atoms with Crippen LogP contribution in [0.4, 0.5) is 4.79 Å². The lowest BCUT2D eigenvalue weighted by atomic mass is 10.1. The first kappa shape index (κ1) is 16.8. The second-order valence-electron chi connectivity index (χ2n) is 5.86. The zero-order chi connectivity index (χ0) is 15.1. The third-order valence-electron chi connectivity index (χ3n) is 3.90. The largest absolute Gasteiger partial charge is 0.481 e. The van der Waals surface area contributed by atoms with Crippen LogP contribution in [0.25, 0.3) is 0 Å². The molecule has 5 nitrogen and oxygen atoms in total. The van der Waals surface area contributed by atoms with Crippen molar-refractivity contribution in [2.45, 2.75) is 71.4 Å². The van der Waals surface area contributed by atoms with Gasteiger partial charge in [-0.1, -0.05) is 19.8 Å². The van der Waals surface area contributed by atoms with Gasteiger partial charge in [0, 0.05) is 25.2 Å². The summed E-state index contributed by atoms with van der Waals surface area (Å²) < 4.78 is 0. The van der Waals surface area contributed by atoms with E-state index in [1.165, 1.54) is 0 Å². The predicted octanol–water partition coefficient (Wildman–Crippen LogP) is 2.95. The van der Waals surface area contributed by atoms with E-state index in [0.717, 1.165) is 38.6 Å². The van der Waals surface area contributed by atoms with Gasteiger partial charge in [-0.05, 0) is 33.1 Å². The van der Waals surface area contributed by atoms with Crippen LogP contribution in [0.2, 0.25) is 0 Å². The predicted molar refractivity (Wildman–Crippen MR) is 78.7 cm³/mol. The van der Waals surface area contributed by atoms with E-state index in [9.17, 15) is 9.59 Å². The summed E-state index contributed by atoms with van der Waals surface area (Å²) in [5.74, 6) is -0.822. The molecule has 116 valence electrons. The number of nitrogens with zero attached hydrogens (tertiary/aromatic N) is 2. The van der Waals surface area contributed by atoms with Gasteiger partial charge in [-0.2, -0.15) is 0 Å². The van der Waals surface area contributed by atoms with Crippen LogP contribution in [-0.2, 0) is 4.79 Å². The molecule has 1 rings (SSSR count). The molecule has 1 heterocycles. The molecule has 0 aromatic carbocycles. The quantitative estimate of drug-likeness (QED) is 0.731. The van der Waals surface area contributed by atoms with Gasteiger partial charge in [-0.3, -0.25) is 4.79 Å². The van der Waals surface area contributed by atoms with Crippen LogP contribution in [0.1, 0.15) is 59.3 Å². The number of aliphatic carboxylic acids is 1. The zero-order valence-corrected chi connectivity index (χ0v) is 13.0. The van der Waals surface area contributed by atoms with Crippen molar-refractivity contribution in [1.29, 1.82) is 0 Å². The van der Waals surface area contributed by atoms with Gasteiger partial charge >= 0.3 is 12.0 Å². The molecule has 0 radical (unpaired) electrons. The molecule has 0 aromatic heterocycles. The van der Waals surface area contributed by atoms with Crippen molar-refractivity contribution >= 4 is 12.0 Å². The summed E-state index contributed by atoms with van der Waals surface area (Å²) in [5, 5.41) is 8.94. The van der Waals surface area contributed by atoms with E-state index in [0.29, 0.717) is 6.54 Å². The average molecular weight is 284 g/mol. The SMILES string of the molecule is CCCCCN(C(=O)N1CCCC1CC(=O)O)C(C)C. The van der Waals surface area contributed by atoms with Gasteiger partial charge in [-0.25, -0.2) is 4.79 Å². The molecule has 5 heteroatoms. The van der Waals surface area contributed by atoms with Crippen LogP contribution in [0, 0.1) is 0 Å². The van der Waals surface area contributed by atoms with E-state index in [1.54, 1.807) is 4.90 Å². The Balaban J connectivity index is 2.65. The van der Waals surface area contributed by atoms with Crippen molar-refractivity contribution in [3.8, 4) is 0 Å². The van der Waals surface area contributed by atoms with Crippen molar-refractivity contribution in [2.24, 2.45) is 0 Å². The Morgan fingerprint density at radius 3 is 2.60 bits per heavy atom. The summed E-state index contributed by atoms with van der Waals surface area (Å²) in [6, 6.07) is 0.0395. The number of urea groups is 1. The summed E-state index contributed by atoms with van der Waals surface area (Å²) in [6.07, 6.45) is 5.04. The molecule has 0 spiro atoms. The first-order valence-electron chi connectivity index (χ1n) is 7.76. The van der Waals surface area contributed by atoms with Crippen LogP contribution in [-0.4, -0.2) is 52.1 Å². The Bertz CT molecular complexity index is 331. The second kappa shape index (κ2) is 8.12. The Morgan fingerprint density at radius 2 is 2.05 bits per heavy atom. The van der Waals surface area contributed by atoms with E-state index in [4.69, 9.17) is 5.11 Å². The van der Waals surface area contributed by atoms with Gasteiger partial charge in [-0.15, -0.1) is 0 Å². The molecular formula is C15H28N2O3. The molecule has 0 bridgehead atoms. The summed E-state index contributed by atoms with van der Waals surface area (Å²) in [7, 11) is 0. The fourth-order valence-corrected chi connectivity index (χ4v) is 2.77. The van der Waals surface area contributed by atoms with E-state index in [1.807, 2.05) is 18.7 Å². The second-order valence-corrected chi connectivity index (χ2v) is 5.86. The number of likely N-dealkylation sites (tertiary alicyclic amines) is 1. The normalized spacial score (nSPS) is 18.6. The minimum atomic E-state index is -0.822. The van der Waals surface area contributed by atoms with Crippen molar-refractivity contribution < 1.29 is 14.7 Å². The minimum Gasteiger partial charge on any atom is -0.481 e. The standard InChI is InChI=1S/C15H28N2O3/c1-4-5-6-9-16(12(2)3)15(20)17-10-7-8-13(17)11-14(18)19/h12-13H,4-11H2,1-3H3,(H,18,19). The number of carboxylic acid groups (broad SMARTS) is 1. The molecule has 0 aliphatic carbocycles. The molecule has 1 aliphatic heterocycles. The molecule has 1 fully saturated rings. The lowest BCUT2D eigenvalue weighted by Gasteiger charge is -2.34. The van der Waals surface area contributed by atoms with Gasteiger partial charge in [0.05, 0.1) is 6.42 Å². The first-order chi connectivity index (χ1) is 9.47. The average Bonchev–Trinajstić information content (AvgIpc) is 2.80. The number of amides is 2. The highest BCUT2D eigenvalue weighted by Gasteiger charge is 2.33. The van der Waals surface area contributed by atoms with Gasteiger partial charge in [0.1, 0.15) is 0 Å². The van der Waals surface area contributed by atoms with E-state index in [2.05, 4.69) is 6.92 Å². The molecule has 20 heavy (non-hydrogen) atoms. The van der Waals surface area contributed by atoms with Crippen molar-refractivity contribution in [3.05, 3.63) is 0 Å². The number of rotatable bonds is 7. The highest BCUT2D eigenvalue weighted by atomic mass is 16.4. The molecule has 2 amide bonds. The third kappa shape index (κ3) is 4.69. The summed E-state index contributed by atoms with van der Waals surface area (Å²) in [6.45, 7) is 7.64. The monoisotopic (exact) mass is 284 g/mol. The maximum absolute atomic E-state index is 12.6. The lowest BCUT2D eigenvalue weighted by molar-refractivity contribution is -0.138.